The van der Waals surface area contributed by atoms with E-state index < -0.39 is 46.5 Å². The van der Waals surface area contributed by atoms with Crippen molar-refractivity contribution in [2.75, 3.05) is 19.6 Å². The molecular weight excluding hydrogens is 1600 g/mol. The van der Waals surface area contributed by atoms with Crippen LogP contribution in [-0.2, 0) is 0 Å². The summed E-state index contributed by atoms with van der Waals surface area (Å²) in [6.07, 6.45) is 0. The third-order valence-corrected chi connectivity index (χ3v) is 24.1. The highest BCUT2D eigenvalue weighted by Gasteiger charge is 2.32. The Morgan fingerprint density at radius 2 is 0.289 bits per heavy atom. The summed E-state index contributed by atoms with van der Waals surface area (Å²) in [6, 6.07) is 133. The Morgan fingerprint density at radius 1 is 0.133 bits per heavy atom. The molecule has 128 heavy (non-hydrogen) atoms. The number of anilines is 12. The van der Waals surface area contributed by atoms with Crippen LogP contribution >= 0.6 is 0 Å². The van der Waals surface area contributed by atoms with Crippen molar-refractivity contribution in [3.63, 3.8) is 0 Å². The minimum Gasteiger partial charge on any atom is -0.305 e. The lowest BCUT2D eigenvalue weighted by Gasteiger charge is -2.30. The van der Waals surface area contributed by atoms with E-state index in [1.54, 1.807) is 19.6 Å². The summed E-state index contributed by atoms with van der Waals surface area (Å²) in [7, 11) is 0. The predicted molar refractivity (Wildman–Crippen MR) is 511 cm³/mol. The first-order valence-electron chi connectivity index (χ1n) is 42.0. The number of hydrogen-bond donors (Lipinski definition) is 0. The van der Waals surface area contributed by atoms with Gasteiger partial charge >= 0.3 is 0 Å². The molecule has 0 heterocycles. The summed E-state index contributed by atoms with van der Waals surface area (Å²) in [4.78, 5) is 6.56. The summed E-state index contributed by atoms with van der Waals surface area (Å²) in [5.74, 6) is -5.75. The molecule has 0 saturated carbocycles. The number of rotatable bonds is 18. The number of benzene rings is 22. The van der Waals surface area contributed by atoms with Crippen LogP contribution in [0.3, 0.4) is 0 Å². The third-order valence-electron chi connectivity index (χ3n) is 24.1. The Kier molecular flexibility index (Phi) is 20.5. The largest absolute Gasteiger partial charge is 0.305 e. The molecule has 0 N–H and O–H groups in total. The molecule has 4 nitrogen and oxygen atoms in total. The van der Waals surface area contributed by atoms with Gasteiger partial charge in [0, 0.05) is 44.3 Å². The average molecular weight is 1670 g/mol. The molecule has 0 aliphatic rings. The highest BCUT2D eigenvalue weighted by Crippen LogP contribution is 2.54. The topological polar surface area (TPSA) is 13.0 Å². The van der Waals surface area contributed by atoms with Crippen molar-refractivity contribution < 1.29 is 35.1 Å². The number of para-hydroxylation sites is 2. The maximum Gasteiger partial charge on any atom is 0.150 e. The third kappa shape index (κ3) is 14.4. The van der Waals surface area contributed by atoms with Crippen molar-refractivity contribution in [2.45, 2.75) is 0 Å². The van der Waals surface area contributed by atoms with Crippen LogP contribution in [0.1, 0.15) is 0 Å². The number of nitrogens with zero attached hydrogens (tertiary/aromatic N) is 4. The molecule has 22 rings (SSSR count). The van der Waals surface area contributed by atoms with Crippen molar-refractivity contribution in [2.24, 2.45) is 0 Å². The molecule has 0 fully saturated rings. The van der Waals surface area contributed by atoms with Crippen molar-refractivity contribution in [1.82, 2.24) is 0 Å². The standard InChI is InChI=1S/C64H40F4N2.C52H32F4N2/c65-55-37-49(43-17-9-3-10-18-43)38-56(66)63(55)69(51-29-21-45(22-30-51)41-13-5-1-6-14-41)59-35-27-47-26-34-54-60(36-28-48-25-33-53(59)61(47)62(48)54)70(52-31-23-46(24-32-52)42-15-7-2-8-16-42)64-57(67)39-50(40-58(64)68)44-19-11-4-12-20-44;53-43-29-37(33-13-5-1-6-14-33)30-44(54)51(43)57(39-17-9-3-10-18-39)47-27-23-35-22-26-42-48(28-24-36-21-25-41(47)49(35)50(36)42)58(40-19-11-4-12-20-40)52-45(55)31-38(32-46(52)56)34-15-7-2-8-16-34/h1-40H;1-32H. The number of hydrogen-bond acceptors (Lipinski definition) is 4. The van der Waals surface area contributed by atoms with Gasteiger partial charge in [-0.25, -0.2) is 35.1 Å². The lowest BCUT2D eigenvalue weighted by molar-refractivity contribution is 0.586. The van der Waals surface area contributed by atoms with Crippen LogP contribution in [0, 0.1) is 46.5 Å². The van der Waals surface area contributed by atoms with Crippen molar-refractivity contribution in [3.8, 4) is 66.8 Å². The molecule has 0 aliphatic heterocycles. The molecule has 0 spiro atoms. The average Bonchev–Trinajstić information content (AvgIpc) is 0.719. The highest BCUT2D eigenvalue weighted by molar-refractivity contribution is 6.30. The minimum atomic E-state index is -0.727. The second kappa shape index (κ2) is 33.3. The van der Waals surface area contributed by atoms with Crippen molar-refractivity contribution in [3.05, 3.63) is 483 Å². The zero-order chi connectivity index (χ0) is 86.6. The van der Waals surface area contributed by atoms with Crippen LogP contribution in [0.2, 0.25) is 0 Å². The predicted octanol–water partition coefficient (Wildman–Crippen LogP) is 34.2. The summed E-state index contributed by atoms with van der Waals surface area (Å²) < 4.78 is 134. The van der Waals surface area contributed by atoms with E-state index in [0.717, 1.165) is 86.9 Å². The quantitative estimate of drug-likeness (QED) is 0.0627. The first-order chi connectivity index (χ1) is 62.8. The van der Waals surface area contributed by atoms with Gasteiger partial charge in [-0.2, -0.15) is 0 Å². The van der Waals surface area contributed by atoms with Crippen molar-refractivity contribution >= 4 is 133 Å². The molecule has 0 radical (unpaired) electrons. The van der Waals surface area contributed by atoms with Gasteiger partial charge in [-0.3, -0.25) is 0 Å². The van der Waals surface area contributed by atoms with Gasteiger partial charge in [-0.1, -0.05) is 315 Å². The lowest BCUT2D eigenvalue weighted by Crippen LogP contribution is -2.15. The molecule has 0 amide bonds. The molecule has 0 aromatic heterocycles. The fourth-order valence-corrected chi connectivity index (χ4v) is 18.2. The van der Waals surface area contributed by atoms with Crippen LogP contribution in [0.15, 0.2) is 437 Å². The molecule has 0 bridgehead atoms. The van der Waals surface area contributed by atoms with Crippen molar-refractivity contribution in [1.29, 1.82) is 0 Å². The van der Waals surface area contributed by atoms with E-state index in [4.69, 9.17) is 0 Å². The SMILES string of the molecule is Fc1cc(-c2ccccc2)cc(F)c1N(c1ccc(-c2ccccc2)cc1)c1ccc2ccc3c(N(c4ccc(-c5ccccc5)cc4)c4c(F)cc(-c5ccccc5)cc4F)ccc4ccc1c2c43.Fc1cc(-c2ccccc2)cc(F)c1N(c1ccccc1)c1ccc2ccc3c(N(c4ccccc4)c4c(F)cc(-c5ccccc5)cc4F)ccc4ccc1c2c43. The van der Waals surface area contributed by atoms with Gasteiger partial charge in [0.05, 0.1) is 22.7 Å². The molecule has 0 aliphatic carbocycles. The number of halogens is 8. The van der Waals surface area contributed by atoms with E-state index in [1.807, 2.05) is 388 Å². The van der Waals surface area contributed by atoms with Gasteiger partial charge in [0.15, 0.2) is 46.5 Å². The van der Waals surface area contributed by atoms with Gasteiger partial charge in [0.25, 0.3) is 0 Å². The van der Waals surface area contributed by atoms with Gasteiger partial charge in [0.1, 0.15) is 22.7 Å². The van der Waals surface area contributed by atoms with E-state index in [2.05, 4.69) is 0 Å². The summed E-state index contributed by atoms with van der Waals surface area (Å²) in [6.45, 7) is 0. The van der Waals surface area contributed by atoms with Crippen LogP contribution in [-0.4, -0.2) is 0 Å². The Bertz CT molecular complexity index is 7320. The first kappa shape index (κ1) is 78.8. The van der Waals surface area contributed by atoms with Gasteiger partial charge in [-0.05, 0) is 231 Å². The van der Waals surface area contributed by atoms with Gasteiger partial charge in [0.2, 0.25) is 0 Å². The van der Waals surface area contributed by atoms with Gasteiger partial charge in [-0.15, -0.1) is 0 Å². The second-order valence-corrected chi connectivity index (χ2v) is 31.6. The molecule has 0 saturated heterocycles. The first-order valence-corrected chi connectivity index (χ1v) is 42.0. The maximum absolute atomic E-state index is 17.0. The van der Waals surface area contributed by atoms with E-state index >= 15 is 35.1 Å². The molecule has 0 unspecified atom stereocenters. The highest BCUT2D eigenvalue weighted by atomic mass is 19.2. The molecule has 22 aromatic carbocycles. The molecule has 0 atom stereocenters. The van der Waals surface area contributed by atoms with E-state index in [0.29, 0.717) is 90.0 Å². The lowest BCUT2D eigenvalue weighted by atomic mass is 9.91. The van der Waals surface area contributed by atoms with Crippen LogP contribution in [0.4, 0.5) is 103 Å². The smallest absolute Gasteiger partial charge is 0.150 e. The molecule has 612 valence electrons. The summed E-state index contributed by atoms with van der Waals surface area (Å²) in [5, 5.41) is 9.91. The monoisotopic (exact) mass is 1670 g/mol. The Morgan fingerprint density at radius 3 is 0.484 bits per heavy atom. The van der Waals surface area contributed by atoms with E-state index in [-0.39, 0.29) is 22.7 Å². The van der Waals surface area contributed by atoms with E-state index in [1.165, 1.54) is 48.5 Å². The molecule has 12 heteroatoms. The Balaban J connectivity index is 0.000000158. The fraction of sp³-hybridized carbons (Fsp3) is 0. The zero-order valence-electron chi connectivity index (χ0n) is 68.4. The summed E-state index contributed by atoms with van der Waals surface area (Å²) >= 11 is 0. The Hall–Kier alpha value is -16.4. The van der Waals surface area contributed by atoms with Crippen LogP contribution in [0.5, 0.6) is 0 Å². The molecular formula is C116H72F8N4. The fourth-order valence-electron chi connectivity index (χ4n) is 18.2. The normalized spacial score (nSPS) is 11.4. The summed E-state index contributed by atoms with van der Waals surface area (Å²) in [5.41, 5.74) is 12.0. The maximum atomic E-state index is 17.0. The molecule has 22 aromatic rings. The van der Waals surface area contributed by atoms with Crippen LogP contribution in [0.25, 0.3) is 131 Å². The zero-order valence-corrected chi connectivity index (χ0v) is 68.4. The van der Waals surface area contributed by atoms with Gasteiger partial charge < -0.3 is 19.6 Å². The minimum absolute atomic E-state index is 0.207. The van der Waals surface area contributed by atoms with Crippen LogP contribution < -0.4 is 19.6 Å². The second-order valence-electron chi connectivity index (χ2n) is 31.6. The Labute approximate surface area is 733 Å². The van der Waals surface area contributed by atoms with E-state index in [9.17, 15) is 0 Å².